The van der Waals surface area contributed by atoms with Crippen LogP contribution in [-0.4, -0.2) is 65.4 Å². The number of amides is 3. The van der Waals surface area contributed by atoms with Crippen molar-refractivity contribution in [3.8, 4) is 5.75 Å². The lowest BCUT2D eigenvalue weighted by Gasteiger charge is -2.25. The van der Waals surface area contributed by atoms with Crippen LogP contribution in [-0.2, 0) is 27.2 Å². The first-order valence-corrected chi connectivity index (χ1v) is 15.1. The molecule has 0 aliphatic heterocycles. The number of aryl methyl sites for hydroxylation is 2. The van der Waals surface area contributed by atoms with Gasteiger partial charge in [-0.25, -0.2) is 0 Å². The van der Waals surface area contributed by atoms with E-state index in [9.17, 15) is 19.5 Å². The first-order chi connectivity index (χ1) is 19.8. The number of likely N-dealkylation sites (N-methyl/N-ethyl adjacent to an activating group) is 1. The number of carbonyl (C=O) groups is 3. The van der Waals surface area contributed by atoms with Crippen molar-refractivity contribution in [2.24, 2.45) is 5.92 Å². The minimum Gasteiger partial charge on any atom is -0.508 e. The SMILES string of the molecule is CC.CCCNC(C(=O)N(C)CC(=O)NC(C(=O)NCCCc1ncccc1CCC)c1ccc(O)cc1)C1CC1. The van der Waals surface area contributed by atoms with Crippen LogP contribution in [0.25, 0.3) is 0 Å². The smallest absolute Gasteiger partial charge is 0.247 e. The van der Waals surface area contributed by atoms with Crippen LogP contribution in [0.3, 0.4) is 0 Å². The topological polar surface area (TPSA) is 124 Å². The summed E-state index contributed by atoms with van der Waals surface area (Å²) in [6.45, 7) is 9.20. The van der Waals surface area contributed by atoms with Crippen LogP contribution in [0, 0.1) is 5.92 Å². The van der Waals surface area contributed by atoms with Crippen molar-refractivity contribution < 1.29 is 19.5 Å². The van der Waals surface area contributed by atoms with Crippen molar-refractivity contribution >= 4 is 17.7 Å². The Bertz CT molecular complexity index is 1090. The molecule has 9 nitrogen and oxygen atoms in total. The number of benzene rings is 1. The van der Waals surface area contributed by atoms with Gasteiger partial charge in [0.25, 0.3) is 0 Å². The Labute approximate surface area is 245 Å². The highest BCUT2D eigenvalue weighted by molar-refractivity contribution is 5.91. The molecule has 1 heterocycles. The van der Waals surface area contributed by atoms with Gasteiger partial charge in [-0.3, -0.25) is 19.4 Å². The summed E-state index contributed by atoms with van der Waals surface area (Å²) >= 11 is 0. The Kier molecular flexibility index (Phi) is 14.9. The lowest BCUT2D eigenvalue weighted by Crippen LogP contribution is -2.50. The number of aromatic nitrogens is 1. The Morgan fingerprint density at radius 3 is 2.37 bits per heavy atom. The van der Waals surface area contributed by atoms with Gasteiger partial charge in [-0.1, -0.05) is 52.3 Å². The first kappa shape index (κ1) is 33.7. The maximum Gasteiger partial charge on any atom is 0.247 e. The van der Waals surface area contributed by atoms with E-state index in [4.69, 9.17) is 0 Å². The number of aromatic hydroxyl groups is 1. The second-order valence-electron chi connectivity index (χ2n) is 10.3. The van der Waals surface area contributed by atoms with Crippen LogP contribution in [0.4, 0.5) is 0 Å². The summed E-state index contributed by atoms with van der Waals surface area (Å²) in [5.74, 6) is -0.503. The molecule has 0 spiro atoms. The number of hydrogen-bond acceptors (Lipinski definition) is 6. The van der Waals surface area contributed by atoms with E-state index >= 15 is 0 Å². The van der Waals surface area contributed by atoms with Gasteiger partial charge in [-0.05, 0) is 80.3 Å². The van der Waals surface area contributed by atoms with Gasteiger partial charge in [0.2, 0.25) is 17.7 Å². The van der Waals surface area contributed by atoms with Gasteiger partial charge in [-0.2, -0.15) is 0 Å². The van der Waals surface area contributed by atoms with Crippen molar-refractivity contribution in [1.82, 2.24) is 25.8 Å². The molecule has 1 aromatic heterocycles. The van der Waals surface area contributed by atoms with Gasteiger partial charge in [0.15, 0.2) is 0 Å². The number of pyridine rings is 1. The fraction of sp³-hybridized carbons (Fsp3) is 0.562. The summed E-state index contributed by atoms with van der Waals surface area (Å²) in [7, 11) is 1.62. The van der Waals surface area contributed by atoms with Crippen LogP contribution in [0.5, 0.6) is 5.75 Å². The molecule has 2 unspecified atom stereocenters. The summed E-state index contributed by atoms with van der Waals surface area (Å²) in [5.41, 5.74) is 2.82. The number of hydrogen-bond donors (Lipinski definition) is 4. The van der Waals surface area contributed by atoms with E-state index in [0.717, 1.165) is 50.8 Å². The van der Waals surface area contributed by atoms with E-state index in [1.165, 1.54) is 22.6 Å². The highest BCUT2D eigenvalue weighted by Crippen LogP contribution is 2.33. The van der Waals surface area contributed by atoms with Crippen molar-refractivity contribution in [3.05, 3.63) is 59.4 Å². The number of rotatable bonds is 16. The van der Waals surface area contributed by atoms with Gasteiger partial charge in [-0.15, -0.1) is 0 Å². The predicted octanol–water partition coefficient (Wildman–Crippen LogP) is 3.91. The van der Waals surface area contributed by atoms with Crippen molar-refractivity contribution in [2.45, 2.75) is 84.7 Å². The average Bonchev–Trinajstić information content (AvgIpc) is 3.82. The summed E-state index contributed by atoms with van der Waals surface area (Å²) in [6.07, 6.45) is 8.20. The van der Waals surface area contributed by atoms with Crippen molar-refractivity contribution in [1.29, 1.82) is 0 Å². The van der Waals surface area contributed by atoms with Gasteiger partial charge < -0.3 is 26.0 Å². The minimum absolute atomic E-state index is 0.0681. The molecule has 4 N–H and O–H groups in total. The van der Waals surface area contributed by atoms with E-state index in [0.29, 0.717) is 24.4 Å². The zero-order chi connectivity index (χ0) is 30.2. The molecule has 9 heteroatoms. The molecule has 1 aliphatic rings. The second-order valence-corrected chi connectivity index (χ2v) is 10.3. The van der Waals surface area contributed by atoms with E-state index < -0.39 is 11.9 Å². The summed E-state index contributed by atoms with van der Waals surface area (Å²) in [6, 6.07) is 8.98. The normalized spacial score (nSPS) is 13.8. The minimum atomic E-state index is -0.954. The molecule has 1 fully saturated rings. The van der Waals surface area contributed by atoms with Crippen LogP contribution >= 0.6 is 0 Å². The number of phenolic OH excluding ortho intramolecular Hbond substituents is 1. The monoisotopic (exact) mass is 567 g/mol. The molecule has 0 saturated heterocycles. The molecule has 41 heavy (non-hydrogen) atoms. The molecular weight excluding hydrogens is 518 g/mol. The van der Waals surface area contributed by atoms with E-state index in [1.54, 1.807) is 25.4 Å². The Morgan fingerprint density at radius 2 is 1.73 bits per heavy atom. The molecule has 226 valence electrons. The molecule has 1 aromatic carbocycles. The summed E-state index contributed by atoms with van der Waals surface area (Å²) in [5, 5.41) is 18.7. The fourth-order valence-corrected chi connectivity index (χ4v) is 4.65. The average molecular weight is 568 g/mol. The molecule has 2 atom stereocenters. The number of nitrogens with zero attached hydrogens (tertiary/aromatic N) is 2. The van der Waals surface area contributed by atoms with Gasteiger partial charge in [0.1, 0.15) is 11.8 Å². The first-order valence-electron chi connectivity index (χ1n) is 15.1. The highest BCUT2D eigenvalue weighted by Gasteiger charge is 2.37. The Balaban J connectivity index is 0.00000287. The van der Waals surface area contributed by atoms with Gasteiger partial charge in [0.05, 0.1) is 12.6 Å². The summed E-state index contributed by atoms with van der Waals surface area (Å²) < 4.78 is 0. The maximum absolute atomic E-state index is 13.2. The van der Waals surface area contributed by atoms with E-state index in [2.05, 4.69) is 40.8 Å². The molecule has 2 aromatic rings. The third kappa shape index (κ3) is 11.1. The highest BCUT2D eigenvalue weighted by atomic mass is 16.3. The van der Waals surface area contributed by atoms with E-state index in [-0.39, 0.29) is 30.2 Å². The van der Waals surface area contributed by atoms with Gasteiger partial charge in [0, 0.05) is 25.5 Å². The van der Waals surface area contributed by atoms with E-state index in [1.807, 2.05) is 19.9 Å². The van der Waals surface area contributed by atoms with Crippen molar-refractivity contribution in [2.75, 3.05) is 26.7 Å². The molecule has 0 radical (unpaired) electrons. The van der Waals surface area contributed by atoms with Gasteiger partial charge >= 0.3 is 0 Å². The van der Waals surface area contributed by atoms with Crippen LogP contribution in [0.1, 0.15) is 82.7 Å². The molecule has 3 rings (SSSR count). The van der Waals surface area contributed by atoms with Crippen LogP contribution in [0.2, 0.25) is 0 Å². The Morgan fingerprint density at radius 1 is 1.02 bits per heavy atom. The van der Waals surface area contributed by atoms with Crippen molar-refractivity contribution in [3.63, 3.8) is 0 Å². The Hall–Kier alpha value is -3.46. The maximum atomic E-state index is 13.2. The quantitative estimate of drug-likeness (QED) is 0.228. The molecule has 1 saturated carbocycles. The zero-order valence-electron chi connectivity index (χ0n) is 25.4. The molecule has 1 aliphatic carbocycles. The predicted molar refractivity (Wildman–Crippen MR) is 162 cm³/mol. The fourth-order valence-electron chi connectivity index (χ4n) is 4.65. The summed E-state index contributed by atoms with van der Waals surface area (Å²) in [4.78, 5) is 45.1. The molecule has 0 bridgehead atoms. The largest absolute Gasteiger partial charge is 0.508 e. The third-order valence-corrected chi connectivity index (χ3v) is 6.92. The lowest BCUT2D eigenvalue weighted by atomic mass is 10.0. The lowest BCUT2D eigenvalue weighted by molar-refractivity contribution is -0.137. The third-order valence-electron chi connectivity index (χ3n) is 6.92. The molecule has 3 amide bonds. The molecular formula is C32H49N5O4. The van der Waals surface area contributed by atoms with Crippen LogP contribution < -0.4 is 16.0 Å². The standard InChI is InChI=1S/C30H43N5O4.C2H6/c1-4-8-21-9-6-18-31-25(21)10-7-19-33-29(38)27(22-13-15-24(36)16-14-22)34-26(37)20-35(3)30(39)28(23-11-12-23)32-17-5-2;1-2/h6,9,13-16,18,23,27-28,32,36H,4-5,7-8,10-12,17,19-20H2,1-3H3,(H,33,38)(H,34,37);1-2H3. The number of nitrogens with one attached hydrogen (secondary N) is 3. The second kappa shape index (κ2) is 18.1. The number of carbonyl (C=O) groups excluding carboxylic acids is 3. The van der Waals surface area contributed by atoms with Crippen LogP contribution in [0.15, 0.2) is 42.6 Å². The zero-order valence-corrected chi connectivity index (χ0v) is 25.4. The number of phenols is 1.